The summed E-state index contributed by atoms with van der Waals surface area (Å²) in [5.74, 6) is 1.53. The number of benzene rings is 1. The van der Waals surface area contributed by atoms with Gasteiger partial charge in [-0.15, -0.1) is 0 Å². The van der Waals surface area contributed by atoms with Crippen LogP contribution < -0.4 is 15.2 Å². The highest BCUT2D eigenvalue weighted by atomic mass is 16.5. The van der Waals surface area contributed by atoms with Gasteiger partial charge in [-0.05, 0) is 37.6 Å². The first-order valence-electron chi connectivity index (χ1n) is 6.39. The number of nitrogens with two attached hydrogens (primary N) is 1. The van der Waals surface area contributed by atoms with E-state index in [9.17, 15) is 0 Å². The van der Waals surface area contributed by atoms with Gasteiger partial charge in [-0.1, -0.05) is 6.07 Å². The molecule has 0 unspecified atom stereocenters. The normalized spacial score (nSPS) is 10.4. The zero-order chi connectivity index (χ0) is 13.2. The van der Waals surface area contributed by atoms with E-state index < -0.39 is 0 Å². The summed E-state index contributed by atoms with van der Waals surface area (Å²) in [5.41, 5.74) is 6.69. The maximum absolute atomic E-state index is 5.67. The summed E-state index contributed by atoms with van der Waals surface area (Å²) in [6.45, 7) is 4.73. The van der Waals surface area contributed by atoms with E-state index in [0.717, 1.165) is 43.1 Å². The summed E-state index contributed by atoms with van der Waals surface area (Å²) in [6.07, 6.45) is 1.72. The summed E-state index contributed by atoms with van der Waals surface area (Å²) in [6, 6.07) is 5.93. The minimum absolute atomic E-state index is 0.632. The van der Waals surface area contributed by atoms with Gasteiger partial charge in [-0.25, -0.2) is 0 Å². The molecule has 102 valence electrons. The van der Waals surface area contributed by atoms with Gasteiger partial charge >= 0.3 is 0 Å². The van der Waals surface area contributed by atoms with Crippen molar-refractivity contribution in [3.63, 3.8) is 0 Å². The molecule has 1 aromatic rings. The second-order valence-electron chi connectivity index (χ2n) is 3.92. The lowest BCUT2D eigenvalue weighted by Gasteiger charge is -2.12. The van der Waals surface area contributed by atoms with Crippen LogP contribution in [0.5, 0.6) is 11.5 Å². The van der Waals surface area contributed by atoms with E-state index in [-0.39, 0.29) is 0 Å². The minimum atomic E-state index is 0.632. The molecule has 0 atom stereocenters. The van der Waals surface area contributed by atoms with Gasteiger partial charge in [0.15, 0.2) is 11.5 Å². The molecule has 0 aliphatic rings. The van der Waals surface area contributed by atoms with Gasteiger partial charge in [0.25, 0.3) is 0 Å². The van der Waals surface area contributed by atoms with Gasteiger partial charge in [-0.3, -0.25) is 0 Å². The number of hydrogen-bond donors (Lipinski definition) is 1. The van der Waals surface area contributed by atoms with Crippen molar-refractivity contribution in [3.05, 3.63) is 23.8 Å². The topological polar surface area (TPSA) is 53.7 Å². The SMILES string of the molecule is CCOCCCOc1ccc(CCN)cc1OC. The van der Waals surface area contributed by atoms with Crippen LogP contribution in [0.1, 0.15) is 18.9 Å². The van der Waals surface area contributed by atoms with Crippen molar-refractivity contribution in [2.24, 2.45) is 5.73 Å². The third-order valence-electron chi connectivity index (χ3n) is 2.56. The zero-order valence-corrected chi connectivity index (χ0v) is 11.3. The molecule has 0 spiro atoms. The van der Waals surface area contributed by atoms with Crippen LogP contribution in [0.3, 0.4) is 0 Å². The van der Waals surface area contributed by atoms with E-state index in [1.165, 1.54) is 0 Å². The first kappa shape index (κ1) is 14.8. The Morgan fingerprint density at radius 1 is 1.17 bits per heavy atom. The molecule has 0 bridgehead atoms. The summed E-state index contributed by atoms with van der Waals surface area (Å²) in [7, 11) is 1.65. The highest BCUT2D eigenvalue weighted by Crippen LogP contribution is 2.28. The van der Waals surface area contributed by atoms with E-state index >= 15 is 0 Å². The first-order chi connectivity index (χ1) is 8.81. The maximum Gasteiger partial charge on any atom is 0.161 e. The maximum atomic E-state index is 5.67. The van der Waals surface area contributed by atoms with Crippen LogP contribution in [0, 0.1) is 0 Å². The molecule has 0 aliphatic heterocycles. The number of rotatable bonds is 9. The van der Waals surface area contributed by atoms with Gasteiger partial charge in [0.1, 0.15) is 0 Å². The highest BCUT2D eigenvalue weighted by molar-refractivity contribution is 5.43. The molecular formula is C14H23NO3. The van der Waals surface area contributed by atoms with E-state index in [1.54, 1.807) is 7.11 Å². The van der Waals surface area contributed by atoms with Crippen LogP contribution in [0.4, 0.5) is 0 Å². The van der Waals surface area contributed by atoms with E-state index in [2.05, 4.69) is 0 Å². The predicted octanol–water partition coefficient (Wildman–Crippen LogP) is 2.00. The number of ether oxygens (including phenoxy) is 3. The van der Waals surface area contributed by atoms with E-state index in [1.807, 2.05) is 25.1 Å². The Morgan fingerprint density at radius 2 is 2.00 bits per heavy atom. The average molecular weight is 253 g/mol. The third kappa shape index (κ3) is 4.94. The van der Waals surface area contributed by atoms with Crippen LogP contribution in [0.2, 0.25) is 0 Å². The molecule has 2 N–H and O–H groups in total. The second kappa shape index (κ2) is 8.78. The molecular weight excluding hydrogens is 230 g/mol. The lowest BCUT2D eigenvalue weighted by Crippen LogP contribution is -2.05. The largest absolute Gasteiger partial charge is 0.493 e. The quantitative estimate of drug-likeness (QED) is 0.684. The summed E-state index contributed by atoms with van der Waals surface area (Å²) < 4.78 is 16.2. The Hall–Kier alpha value is -1.26. The van der Waals surface area contributed by atoms with Gasteiger partial charge in [0.05, 0.1) is 13.7 Å². The monoisotopic (exact) mass is 253 g/mol. The van der Waals surface area contributed by atoms with E-state index in [0.29, 0.717) is 13.2 Å². The second-order valence-corrected chi connectivity index (χ2v) is 3.92. The van der Waals surface area contributed by atoms with Crippen LogP contribution in [-0.4, -0.2) is 33.5 Å². The van der Waals surface area contributed by atoms with Gasteiger partial charge < -0.3 is 19.9 Å². The van der Waals surface area contributed by atoms with Gasteiger partial charge in [0, 0.05) is 19.6 Å². The van der Waals surface area contributed by atoms with Crippen molar-refractivity contribution in [2.45, 2.75) is 19.8 Å². The van der Waals surface area contributed by atoms with Crippen LogP contribution in [0.15, 0.2) is 18.2 Å². The van der Waals surface area contributed by atoms with E-state index in [4.69, 9.17) is 19.9 Å². The van der Waals surface area contributed by atoms with Crippen molar-refractivity contribution in [1.82, 2.24) is 0 Å². The minimum Gasteiger partial charge on any atom is -0.493 e. The molecule has 18 heavy (non-hydrogen) atoms. The average Bonchev–Trinajstić information content (AvgIpc) is 2.40. The van der Waals surface area contributed by atoms with Crippen molar-refractivity contribution >= 4 is 0 Å². The summed E-state index contributed by atoms with van der Waals surface area (Å²) >= 11 is 0. The lowest BCUT2D eigenvalue weighted by atomic mass is 10.1. The fourth-order valence-electron chi connectivity index (χ4n) is 1.64. The van der Waals surface area contributed by atoms with Crippen LogP contribution in [0.25, 0.3) is 0 Å². The molecule has 0 aliphatic carbocycles. The Balaban J connectivity index is 2.48. The molecule has 4 heteroatoms. The Bertz CT molecular complexity index is 342. The molecule has 0 fully saturated rings. The first-order valence-corrected chi connectivity index (χ1v) is 6.39. The lowest BCUT2D eigenvalue weighted by molar-refractivity contribution is 0.130. The van der Waals surface area contributed by atoms with Crippen molar-refractivity contribution in [2.75, 3.05) is 33.5 Å². The summed E-state index contributed by atoms with van der Waals surface area (Å²) in [5, 5.41) is 0. The highest BCUT2D eigenvalue weighted by Gasteiger charge is 2.05. The molecule has 0 radical (unpaired) electrons. The van der Waals surface area contributed by atoms with Crippen LogP contribution >= 0.6 is 0 Å². The van der Waals surface area contributed by atoms with Crippen molar-refractivity contribution in [1.29, 1.82) is 0 Å². The standard InChI is InChI=1S/C14H23NO3/c1-3-17-9-4-10-18-13-6-5-12(7-8-15)11-14(13)16-2/h5-6,11H,3-4,7-10,15H2,1-2H3. The molecule has 1 aromatic carbocycles. The number of methoxy groups -OCH3 is 1. The van der Waals surface area contributed by atoms with Crippen molar-refractivity contribution in [3.8, 4) is 11.5 Å². The zero-order valence-electron chi connectivity index (χ0n) is 11.3. The molecule has 0 aromatic heterocycles. The Labute approximate surface area is 109 Å². The fourth-order valence-corrected chi connectivity index (χ4v) is 1.64. The molecule has 1 rings (SSSR count). The number of hydrogen-bond acceptors (Lipinski definition) is 4. The molecule has 0 heterocycles. The summed E-state index contributed by atoms with van der Waals surface area (Å²) in [4.78, 5) is 0. The Morgan fingerprint density at radius 3 is 2.67 bits per heavy atom. The predicted molar refractivity (Wildman–Crippen MR) is 72.4 cm³/mol. The fraction of sp³-hybridized carbons (Fsp3) is 0.571. The van der Waals surface area contributed by atoms with Gasteiger partial charge in [-0.2, -0.15) is 0 Å². The molecule has 4 nitrogen and oxygen atoms in total. The molecule has 0 amide bonds. The van der Waals surface area contributed by atoms with Crippen molar-refractivity contribution < 1.29 is 14.2 Å². The van der Waals surface area contributed by atoms with Gasteiger partial charge in [0.2, 0.25) is 0 Å². The molecule has 0 saturated heterocycles. The smallest absolute Gasteiger partial charge is 0.161 e. The third-order valence-corrected chi connectivity index (χ3v) is 2.56. The Kier molecular flexibility index (Phi) is 7.22. The molecule has 0 saturated carbocycles. The van der Waals surface area contributed by atoms with Crippen LogP contribution in [-0.2, 0) is 11.2 Å².